The minimum absolute atomic E-state index is 0.483. The number of ether oxygens (including phenoxy) is 1. The second kappa shape index (κ2) is 4.97. The van der Waals surface area contributed by atoms with Gasteiger partial charge in [0, 0.05) is 0 Å². The molecule has 0 aromatic carbocycles. The van der Waals surface area contributed by atoms with Crippen molar-refractivity contribution in [2.45, 2.75) is 51.1 Å². The molecule has 0 bridgehead atoms. The molecule has 0 aliphatic carbocycles. The molecule has 0 radical (unpaired) electrons. The van der Waals surface area contributed by atoms with Crippen LogP contribution >= 0.6 is 0 Å². The Hall–Kier alpha value is -0.883. The molecule has 0 saturated heterocycles. The van der Waals surface area contributed by atoms with Crippen molar-refractivity contribution < 1.29 is 24.5 Å². The zero-order valence-electron chi connectivity index (χ0n) is 10.4. The molecule has 0 heterocycles. The van der Waals surface area contributed by atoms with Gasteiger partial charge in [-0.1, -0.05) is 13.1 Å². The van der Waals surface area contributed by atoms with Gasteiger partial charge in [-0.3, -0.25) is 4.79 Å². The first-order valence-electron chi connectivity index (χ1n) is 5.16. The molecule has 1 unspecified atom stereocenters. The molecule has 0 aromatic rings. The van der Waals surface area contributed by atoms with Gasteiger partial charge in [-0.2, -0.15) is 0 Å². The fraction of sp³-hybridized carbons (Fsp3) is 0.800. The Balaban J connectivity index is 5.27. The predicted octanol–water partition coefficient (Wildman–Crippen LogP) is 1.13. The summed E-state index contributed by atoms with van der Waals surface area (Å²) < 4.78 is 5.54. The average Bonchev–Trinajstić information content (AvgIpc) is 1.98. The largest absolute Gasteiger partial charge is 0.481 e. The first-order valence-corrected chi connectivity index (χ1v) is 8.05. The molecule has 0 amide bonds. The lowest BCUT2D eigenvalue weighted by Crippen LogP contribution is -2.56. The molecule has 0 fully saturated rings. The lowest BCUT2D eigenvalue weighted by Gasteiger charge is -2.37. The first kappa shape index (κ1) is 15.1. The maximum Gasteiger partial charge on any atom is 0.332 e. The Morgan fingerprint density at radius 3 is 1.81 bits per heavy atom. The molecular weight excluding hydrogens is 228 g/mol. The number of hydrogen-bond acceptors (Lipinski definition) is 3. The van der Waals surface area contributed by atoms with E-state index in [4.69, 9.17) is 9.84 Å². The van der Waals surface area contributed by atoms with E-state index in [-0.39, 0.29) is 0 Å². The standard InChI is InChI=1S/C10H20O5Si/c1-9(2,3)15-10(8(13)14,16(4)5)6-7(11)12/h16H,6H2,1-5H3,(H,11,12)(H,13,14). The molecule has 1 atom stereocenters. The van der Waals surface area contributed by atoms with Crippen LogP contribution in [0.4, 0.5) is 0 Å². The van der Waals surface area contributed by atoms with Crippen molar-refractivity contribution >= 4 is 20.7 Å². The first-order chi connectivity index (χ1) is 7.01. The van der Waals surface area contributed by atoms with Gasteiger partial charge in [0.15, 0.2) is 5.22 Å². The van der Waals surface area contributed by atoms with Crippen LogP contribution in [-0.2, 0) is 14.3 Å². The van der Waals surface area contributed by atoms with Crippen LogP contribution in [0.15, 0.2) is 0 Å². The highest BCUT2D eigenvalue weighted by Crippen LogP contribution is 2.27. The van der Waals surface area contributed by atoms with Crippen LogP contribution in [0.3, 0.4) is 0 Å². The summed E-state index contributed by atoms with van der Waals surface area (Å²) in [6, 6.07) is 0. The van der Waals surface area contributed by atoms with E-state index >= 15 is 0 Å². The Morgan fingerprint density at radius 1 is 1.19 bits per heavy atom. The fourth-order valence-corrected chi connectivity index (χ4v) is 3.16. The van der Waals surface area contributed by atoms with Crippen LogP contribution in [-0.4, -0.2) is 41.8 Å². The topological polar surface area (TPSA) is 83.8 Å². The van der Waals surface area contributed by atoms with E-state index in [2.05, 4.69) is 0 Å². The third-order valence-corrected chi connectivity index (χ3v) is 4.63. The molecule has 0 spiro atoms. The Bertz CT molecular complexity index is 281. The summed E-state index contributed by atoms with van der Waals surface area (Å²) in [7, 11) is -1.84. The molecular formula is C10H20O5Si. The summed E-state index contributed by atoms with van der Waals surface area (Å²) in [5, 5.41) is 16.5. The van der Waals surface area contributed by atoms with Gasteiger partial charge in [-0.25, -0.2) is 4.79 Å². The Kier molecular flexibility index (Phi) is 4.69. The van der Waals surface area contributed by atoms with Crippen LogP contribution in [0.1, 0.15) is 27.2 Å². The summed E-state index contributed by atoms with van der Waals surface area (Å²) in [6.07, 6.45) is -0.483. The van der Waals surface area contributed by atoms with Gasteiger partial charge >= 0.3 is 11.9 Å². The second-order valence-electron chi connectivity index (χ2n) is 5.13. The number of aliphatic carboxylic acids is 2. The average molecular weight is 248 g/mol. The van der Waals surface area contributed by atoms with E-state index in [1.165, 1.54) is 0 Å². The van der Waals surface area contributed by atoms with Crippen molar-refractivity contribution in [1.82, 2.24) is 0 Å². The molecule has 5 nitrogen and oxygen atoms in total. The Morgan fingerprint density at radius 2 is 1.62 bits per heavy atom. The van der Waals surface area contributed by atoms with Gasteiger partial charge in [0.1, 0.15) is 0 Å². The van der Waals surface area contributed by atoms with E-state index in [0.717, 1.165) is 0 Å². The van der Waals surface area contributed by atoms with E-state index < -0.39 is 38.0 Å². The highest BCUT2D eigenvalue weighted by Gasteiger charge is 2.48. The molecule has 2 N–H and O–H groups in total. The van der Waals surface area contributed by atoms with Crippen molar-refractivity contribution in [3.63, 3.8) is 0 Å². The van der Waals surface area contributed by atoms with Gasteiger partial charge in [0.2, 0.25) is 0 Å². The normalized spacial score (nSPS) is 15.9. The number of carboxylic acid groups (broad SMARTS) is 2. The van der Waals surface area contributed by atoms with E-state index in [1.54, 1.807) is 33.9 Å². The van der Waals surface area contributed by atoms with Gasteiger partial charge in [0.25, 0.3) is 0 Å². The van der Waals surface area contributed by atoms with Gasteiger partial charge in [-0.05, 0) is 20.8 Å². The number of hydrogen-bond donors (Lipinski definition) is 2. The lowest BCUT2D eigenvalue weighted by molar-refractivity contribution is -0.174. The van der Waals surface area contributed by atoms with Crippen LogP contribution in [0.2, 0.25) is 13.1 Å². The number of carboxylic acids is 2. The highest BCUT2D eigenvalue weighted by molar-refractivity contribution is 6.64. The third-order valence-electron chi connectivity index (χ3n) is 2.20. The number of carbonyl (C=O) groups is 2. The molecule has 6 heteroatoms. The Labute approximate surface area is 97.0 Å². The van der Waals surface area contributed by atoms with Crippen LogP contribution in [0.5, 0.6) is 0 Å². The second-order valence-corrected chi connectivity index (χ2v) is 8.38. The summed E-state index contributed by atoms with van der Waals surface area (Å²) >= 11 is 0. The molecule has 0 rings (SSSR count). The minimum Gasteiger partial charge on any atom is -0.481 e. The SMILES string of the molecule is C[SiH](C)C(CC(=O)O)(OC(C)(C)C)C(=O)O. The van der Waals surface area contributed by atoms with E-state index in [0.29, 0.717) is 0 Å². The van der Waals surface area contributed by atoms with Crippen LogP contribution in [0.25, 0.3) is 0 Å². The van der Waals surface area contributed by atoms with Crippen molar-refractivity contribution in [1.29, 1.82) is 0 Å². The smallest absolute Gasteiger partial charge is 0.332 e. The minimum atomic E-state index is -1.84. The van der Waals surface area contributed by atoms with Gasteiger partial charge in [0.05, 0.1) is 20.8 Å². The molecule has 0 aliphatic rings. The van der Waals surface area contributed by atoms with Crippen LogP contribution < -0.4 is 0 Å². The lowest BCUT2D eigenvalue weighted by atomic mass is 10.1. The molecule has 16 heavy (non-hydrogen) atoms. The van der Waals surface area contributed by atoms with Crippen molar-refractivity contribution in [2.24, 2.45) is 0 Å². The quantitative estimate of drug-likeness (QED) is 0.712. The van der Waals surface area contributed by atoms with Crippen molar-refractivity contribution in [3.05, 3.63) is 0 Å². The molecule has 0 aliphatic heterocycles. The zero-order valence-corrected chi connectivity index (χ0v) is 11.6. The molecule has 0 saturated carbocycles. The zero-order chi connectivity index (χ0) is 13.1. The summed E-state index contributed by atoms with van der Waals surface area (Å²) in [4.78, 5) is 22.1. The molecule has 94 valence electrons. The maximum atomic E-state index is 11.3. The monoisotopic (exact) mass is 248 g/mol. The predicted molar refractivity (Wildman–Crippen MR) is 62.3 cm³/mol. The van der Waals surface area contributed by atoms with E-state index in [9.17, 15) is 14.7 Å². The van der Waals surface area contributed by atoms with E-state index in [1.807, 2.05) is 0 Å². The summed E-state index contributed by atoms with van der Waals surface area (Å²) in [5.41, 5.74) is -0.675. The maximum absolute atomic E-state index is 11.3. The van der Waals surface area contributed by atoms with Crippen molar-refractivity contribution in [2.75, 3.05) is 0 Å². The fourth-order valence-electron chi connectivity index (χ4n) is 1.50. The summed E-state index contributed by atoms with van der Waals surface area (Å²) in [6.45, 7) is 8.74. The number of rotatable bonds is 5. The summed E-state index contributed by atoms with van der Waals surface area (Å²) in [5.74, 6) is -2.32. The highest BCUT2D eigenvalue weighted by atomic mass is 28.3. The van der Waals surface area contributed by atoms with Gasteiger partial charge in [-0.15, -0.1) is 0 Å². The van der Waals surface area contributed by atoms with Crippen LogP contribution in [0, 0.1) is 0 Å². The molecule has 0 aromatic heterocycles. The van der Waals surface area contributed by atoms with Crippen molar-refractivity contribution in [3.8, 4) is 0 Å². The van der Waals surface area contributed by atoms with Gasteiger partial charge < -0.3 is 14.9 Å². The third kappa shape index (κ3) is 3.94.